The van der Waals surface area contributed by atoms with E-state index in [2.05, 4.69) is 243 Å². The quantitative estimate of drug-likeness (QED) is 0.157. The summed E-state index contributed by atoms with van der Waals surface area (Å²) >= 11 is 0. The Hall–Kier alpha value is -8.86. The average Bonchev–Trinajstić information content (AvgIpc) is 4.10. The van der Waals surface area contributed by atoms with Crippen LogP contribution in [-0.4, -0.2) is 18.1 Å². The molecule has 0 N–H and O–H groups in total. The van der Waals surface area contributed by atoms with Crippen LogP contribution in [0.1, 0.15) is 0 Å². The summed E-state index contributed by atoms with van der Waals surface area (Å²) in [6.07, 6.45) is 0. The molecular weight excluding hydrogens is 801 g/mol. The van der Waals surface area contributed by atoms with Crippen molar-refractivity contribution in [1.29, 1.82) is 0 Å². The number of rotatable bonds is 4. The zero-order chi connectivity index (χ0) is 43.2. The Morgan fingerprint density at radius 2 is 0.788 bits per heavy atom. The molecule has 0 aliphatic carbocycles. The van der Waals surface area contributed by atoms with Gasteiger partial charge in [-0.25, -0.2) is 0 Å². The molecule has 0 spiro atoms. The molecule has 0 fully saturated rings. The smallest absolute Gasteiger partial charge is 0.0619 e. The van der Waals surface area contributed by atoms with E-state index >= 15 is 0 Å². The van der Waals surface area contributed by atoms with E-state index < -0.39 is 0 Å². The highest BCUT2D eigenvalue weighted by molar-refractivity contribution is 6.22. The van der Waals surface area contributed by atoms with Crippen molar-refractivity contribution in [2.45, 2.75) is 0 Å². The minimum Gasteiger partial charge on any atom is -0.309 e. The SMILES string of the molecule is C=c1c2ccc(-c3ccccc3-n3c4ccccc4c4cc(-n5c6ccccc6c6cc7c8ccccc8n(-c8ccccc8)c7cc65)ccc43)cc2c2cccc3c4ccccc4n1c23. The number of nitrogens with zero attached hydrogens (tertiary/aromatic N) is 4. The summed E-state index contributed by atoms with van der Waals surface area (Å²) < 4.78 is 9.71. The van der Waals surface area contributed by atoms with E-state index in [4.69, 9.17) is 0 Å². The highest BCUT2D eigenvalue weighted by Gasteiger charge is 2.22. The van der Waals surface area contributed by atoms with Gasteiger partial charge < -0.3 is 18.1 Å². The van der Waals surface area contributed by atoms with E-state index in [1.165, 1.54) is 109 Å². The third-order valence-electron chi connectivity index (χ3n) is 14.4. The molecule has 0 aliphatic rings. The van der Waals surface area contributed by atoms with Gasteiger partial charge in [-0.3, -0.25) is 0 Å². The van der Waals surface area contributed by atoms with Crippen LogP contribution in [0.25, 0.3) is 138 Å². The molecule has 0 saturated heterocycles. The fraction of sp³-hybridized carbons (Fsp3) is 0. The summed E-state index contributed by atoms with van der Waals surface area (Å²) in [6, 6.07) is 80.4. The normalized spacial score (nSPS) is 12.3. The number of pyridine rings is 1. The maximum absolute atomic E-state index is 4.68. The molecule has 4 nitrogen and oxygen atoms in total. The van der Waals surface area contributed by atoms with E-state index in [0.717, 1.165) is 27.8 Å². The van der Waals surface area contributed by atoms with Crippen molar-refractivity contribution in [2.24, 2.45) is 0 Å². The topological polar surface area (TPSA) is 19.2 Å². The van der Waals surface area contributed by atoms with E-state index in [-0.39, 0.29) is 0 Å². The highest BCUT2D eigenvalue weighted by atomic mass is 15.0. The summed E-state index contributed by atoms with van der Waals surface area (Å²) in [5.41, 5.74) is 15.3. The molecule has 5 heterocycles. The van der Waals surface area contributed by atoms with Gasteiger partial charge in [0.1, 0.15) is 0 Å². The predicted molar refractivity (Wildman–Crippen MR) is 279 cm³/mol. The zero-order valence-electron chi connectivity index (χ0n) is 35.8. The molecule has 0 bridgehead atoms. The second kappa shape index (κ2) is 13.1. The molecule has 0 amide bonds. The van der Waals surface area contributed by atoms with Gasteiger partial charge in [0.05, 0.1) is 49.8 Å². The van der Waals surface area contributed by atoms with Crippen LogP contribution >= 0.6 is 0 Å². The molecule has 4 heteroatoms. The summed E-state index contributed by atoms with van der Waals surface area (Å²) in [7, 11) is 0. The monoisotopic (exact) mass is 838 g/mol. The first-order chi connectivity index (χ1) is 32.7. The van der Waals surface area contributed by atoms with Gasteiger partial charge >= 0.3 is 0 Å². The van der Waals surface area contributed by atoms with Gasteiger partial charge in [0.25, 0.3) is 0 Å². The first-order valence-corrected chi connectivity index (χ1v) is 22.7. The molecular formula is C62H38N4. The van der Waals surface area contributed by atoms with Crippen LogP contribution in [0.3, 0.4) is 0 Å². The lowest BCUT2D eigenvalue weighted by molar-refractivity contribution is 1.16. The maximum Gasteiger partial charge on any atom is 0.0619 e. The summed E-state index contributed by atoms with van der Waals surface area (Å²) in [5.74, 6) is 0. The highest BCUT2D eigenvalue weighted by Crippen LogP contribution is 2.43. The minimum atomic E-state index is 1.01. The van der Waals surface area contributed by atoms with Gasteiger partial charge in [-0.05, 0) is 89.8 Å². The Morgan fingerprint density at radius 3 is 1.48 bits per heavy atom. The third-order valence-corrected chi connectivity index (χ3v) is 14.4. The van der Waals surface area contributed by atoms with Gasteiger partial charge in [0.2, 0.25) is 0 Å². The van der Waals surface area contributed by atoms with Crippen LogP contribution in [-0.2, 0) is 0 Å². The van der Waals surface area contributed by atoms with Crippen LogP contribution in [0.4, 0.5) is 0 Å². The molecule has 66 heavy (non-hydrogen) atoms. The molecule has 5 aromatic heterocycles. The van der Waals surface area contributed by atoms with Crippen LogP contribution < -0.4 is 5.35 Å². The van der Waals surface area contributed by atoms with E-state index in [1.807, 2.05) is 0 Å². The van der Waals surface area contributed by atoms with Gasteiger partial charge in [-0.15, -0.1) is 0 Å². The molecule has 0 saturated carbocycles. The molecule has 10 aromatic carbocycles. The van der Waals surface area contributed by atoms with Crippen molar-refractivity contribution in [3.8, 4) is 28.2 Å². The Labute approximate surface area is 378 Å². The van der Waals surface area contributed by atoms with Crippen molar-refractivity contribution in [3.05, 3.63) is 224 Å². The van der Waals surface area contributed by atoms with Crippen LogP contribution in [0, 0.1) is 0 Å². The van der Waals surface area contributed by atoms with Gasteiger partial charge in [0, 0.05) is 76.1 Å². The van der Waals surface area contributed by atoms with E-state index in [1.54, 1.807) is 0 Å². The van der Waals surface area contributed by atoms with Crippen LogP contribution in [0.15, 0.2) is 218 Å². The summed E-state index contributed by atoms with van der Waals surface area (Å²) in [4.78, 5) is 0. The lowest BCUT2D eigenvalue weighted by Gasteiger charge is -2.16. The summed E-state index contributed by atoms with van der Waals surface area (Å²) in [5, 5.41) is 14.6. The minimum absolute atomic E-state index is 1.01. The molecule has 0 aliphatic heterocycles. The Kier molecular flexibility index (Phi) is 7.06. The number of benzene rings is 10. The second-order valence-electron chi connectivity index (χ2n) is 17.8. The largest absolute Gasteiger partial charge is 0.309 e. The average molecular weight is 839 g/mol. The Morgan fingerprint density at radius 1 is 0.273 bits per heavy atom. The summed E-state index contributed by atoms with van der Waals surface area (Å²) in [6.45, 7) is 4.68. The standard InChI is InChI=1S/C62H38N4/c1-38-42-32-30-39(34-50(42)49-24-15-23-48-44-19-6-11-26-55(44)63(38)62(48)49)43-18-5-10-25-54(43)66-58-29-14-9-20-45(58)51-35-41(31-33-59(51)66)65-57-28-13-8-22-47(57)53-36-52-46-21-7-12-27-56(46)64(60(52)37-61(53)65)40-16-3-2-4-17-40/h2-37H,1H2. The molecule has 0 atom stereocenters. The Balaban J connectivity index is 0.956. The van der Waals surface area contributed by atoms with Crippen molar-refractivity contribution in [2.75, 3.05) is 0 Å². The van der Waals surface area contributed by atoms with Gasteiger partial charge in [0.15, 0.2) is 0 Å². The van der Waals surface area contributed by atoms with Crippen molar-refractivity contribution in [1.82, 2.24) is 18.1 Å². The van der Waals surface area contributed by atoms with Gasteiger partial charge in [-0.2, -0.15) is 0 Å². The van der Waals surface area contributed by atoms with Crippen molar-refractivity contribution in [3.63, 3.8) is 0 Å². The number of hydrogen-bond acceptors (Lipinski definition) is 0. The predicted octanol–water partition coefficient (Wildman–Crippen LogP) is 15.5. The van der Waals surface area contributed by atoms with Crippen LogP contribution in [0.2, 0.25) is 0 Å². The fourth-order valence-electron chi connectivity index (χ4n) is 11.7. The van der Waals surface area contributed by atoms with Crippen LogP contribution in [0.5, 0.6) is 0 Å². The zero-order valence-corrected chi connectivity index (χ0v) is 35.8. The first-order valence-electron chi connectivity index (χ1n) is 22.7. The van der Waals surface area contributed by atoms with E-state index in [9.17, 15) is 0 Å². The molecule has 15 rings (SSSR count). The lowest BCUT2D eigenvalue weighted by Crippen LogP contribution is -2.12. The lowest BCUT2D eigenvalue weighted by atomic mass is 9.97. The molecule has 0 radical (unpaired) electrons. The Bertz CT molecular complexity index is 4600. The maximum atomic E-state index is 4.68. The molecule has 0 unspecified atom stereocenters. The number of fused-ring (bicyclic) bond motifs is 14. The first kappa shape index (κ1) is 35.6. The molecule has 15 aromatic rings. The van der Waals surface area contributed by atoms with Crippen molar-refractivity contribution >= 4 is 110 Å². The number of para-hydroxylation sites is 7. The molecule has 306 valence electrons. The fourth-order valence-corrected chi connectivity index (χ4v) is 11.7. The van der Waals surface area contributed by atoms with Gasteiger partial charge in [-0.1, -0.05) is 146 Å². The van der Waals surface area contributed by atoms with E-state index in [0.29, 0.717) is 0 Å². The van der Waals surface area contributed by atoms with Crippen molar-refractivity contribution < 1.29 is 0 Å². The second-order valence-corrected chi connectivity index (χ2v) is 17.8. The third kappa shape index (κ3) is 4.66. The number of hydrogen-bond donors (Lipinski definition) is 0. The number of aromatic nitrogens is 4.